The van der Waals surface area contributed by atoms with Gasteiger partial charge in [-0.3, -0.25) is 4.79 Å². The molecule has 2 aromatic heterocycles. The van der Waals surface area contributed by atoms with Crippen LogP contribution >= 0.6 is 11.8 Å². The highest BCUT2D eigenvalue weighted by Crippen LogP contribution is 2.24. The van der Waals surface area contributed by atoms with Crippen LogP contribution in [0.1, 0.15) is 12.8 Å². The van der Waals surface area contributed by atoms with E-state index in [4.69, 9.17) is 4.74 Å². The Morgan fingerprint density at radius 2 is 2.04 bits per heavy atom. The van der Waals surface area contributed by atoms with Crippen LogP contribution in [0.15, 0.2) is 46.5 Å². The molecule has 1 N–H and O–H groups in total. The van der Waals surface area contributed by atoms with E-state index < -0.39 is 0 Å². The minimum Gasteiger partial charge on any atom is -0.381 e. The van der Waals surface area contributed by atoms with Gasteiger partial charge in [-0.2, -0.15) is 5.10 Å². The highest BCUT2D eigenvalue weighted by atomic mass is 32.2. The number of ether oxygens (including phenoxy) is 1. The fourth-order valence-electron chi connectivity index (χ4n) is 2.83. The van der Waals surface area contributed by atoms with Gasteiger partial charge in [-0.25, -0.2) is 9.67 Å². The monoisotopic (exact) mass is 342 g/mol. The van der Waals surface area contributed by atoms with E-state index in [1.165, 1.54) is 0 Å². The molecule has 1 fully saturated rings. The van der Waals surface area contributed by atoms with Crippen LogP contribution < -0.4 is 5.56 Å². The van der Waals surface area contributed by atoms with E-state index in [1.807, 2.05) is 30.3 Å². The summed E-state index contributed by atoms with van der Waals surface area (Å²) in [6.07, 6.45) is 3.71. The van der Waals surface area contributed by atoms with Gasteiger partial charge in [-0.15, -0.1) is 0 Å². The maximum atomic E-state index is 12.3. The number of para-hydroxylation sites is 1. The van der Waals surface area contributed by atoms with Gasteiger partial charge in [0, 0.05) is 19.0 Å². The second kappa shape index (κ2) is 6.78. The largest absolute Gasteiger partial charge is 0.381 e. The van der Waals surface area contributed by atoms with E-state index in [0.29, 0.717) is 22.1 Å². The molecule has 0 radical (unpaired) electrons. The molecule has 0 spiro atoms. The van der Waals surface area contributed by atoms with E-state index in [9.17, 15) is 4.79 Å². The molecule has 1 aromatic carbocycles. The lowest BCUT2D eigenvalue weighted by atomic mass is 10.0. The Balaban J connectivity index is 1.64. The average molecular weight is 342 g/mol. The summed E-state index contributed by atoms with van der Waals surface area (Å²) in [5, 5.41) is 5.48. The first-order chi connectivity index (χ1) is 11.8. The van der Waals surface area contributed by atoms with Crippen LogP contribution in [0.2, 0.25) is 0 Å². The molecule has 24 heavy (non-hydrogen) atoms. The summed E-state index contributed by atoms with van der Waals surface area (Å²) in [6, 6.07) is 9.73. The Morgan fingerprint density at radius 1 is 1.25 bits per heavy atom. The highest BCUT2D eigenvalue weighted by molar-refractivity contribution is 7.99. The van der Waals surface area contributed by atoms with Crippen molar-refractivity contribution in [3.05, 3.63) is 46.9 Å². The normalized spacial score (nSPS) is 15.8. The predicted molar refractivity (Wildman–Crippen MR) is 93.8 cm³/mol. The molecule has 0 unspecified atom stereocenters. The molecule has 1 aliphatic heterocycles. The number of H-pyrrole nitrogens is 1. The second-order valence-electron chi connectivity index (χ2n) is 5.87. The minimum atomic E-state index is -0.142. The quantitative estimate of drug-likeness (QED) is 0.583. The Bertz CT molecular complexity index is 884. The summed E-state index contributed by atoms with van der Waals surface area (Å²) in [5.74, 6) is 1.56. The van der Waals surface area contributed by atoms with Crippen LogP contribution in [0.25, 0.3) is 16.7 Å². The Morgan fingerprint density at radius 3 is 2.83 bits per heavy atom. The van der Waals surface area contributed by atoms with Crippen molar-refractivity contribution in [2.45, 2.75) is 18.0 Å². The summed E-state index contributed by atoms with van der Waals surface area (Å²) >= 11 is 1.60. The molecular weight excluding hydrogens is 324 g/mol. The van der Waals surface area contributed by atoms with Crippen molar-refractivity contribution in [1.82, 2.24) is 19.7 Å². The van der Waals surface area contributed by atoms with Crippen molar-refractivity contribution in [2.24, 2.45) is 5.92 Å². The number of nitrogens with zero attached hydrogens (tertiary/aromatic N) is 3. The van der Waals surface area contributed by atoms with Crippen molar-refractivity contribution < 1.29 is 4.74 Å². The van der Waals surface area contributed by atoms with Crippen LogP contribution in [0.4, 0.5) is 0 Å². The fourth-order valence-corrected chi connectivity index (χ4v) is 3.88. The van der Waals surface area contributed by atoms with Gasteiger partial charge in [0.2, 0.25) is 0 Å². The van der Waals surface area contributed by atoms with E-state index in [0.717, 1.165) is 37.5 Å². The summed E-state index contributed by atoms with van der Waals surface area (Å²) in [7, 11) is 0. The maximum absolute atomic E-state index is 12.3. The smallest absolute Gasteiger partial charge is 0.262 e. The van der Waals surface area contributed by atoms with E-state index in [2.05, 4.69) is 15.1 Å². The Hall–Kier alpha value is -2.12. The molecule has 0 amide bonds. The van der Waals surface area contributed by atoms with Crippen molar-refractivity contribution in [2.75, 3.05) is 19.0 Å². The maximum Gasteiger partial charge on any atom is 0.262 e. The molecule has 0 bridgehead atoms. The number of nitrogens with one attached hydrogen (secondary N) is 1. The van der Waals surface area contributed by atoms with Crippen LogP contribution in [0.3, 0.4) is 0 Å². The zero-order chi connectivity index (χ0) is 16.4. The molecule has 7 heteroatoms. The first-order valence-electron chi connectivity index (χ1n) is 8.05. The molecule has 1 saturated heterocycles. The van der Waals surface area contributed by atoms with Gasteiger partial charge in [0.1, 0.15) is 5.39 Å². The van der Waals surface area contributed by atoms with Gasteiger partial charge < -0.3 is 9.72 Å². The number of rotatable bonds is 4. The Kier molecular flexibility index (Phi) is 4.36. The molecule has 3 heterocycles. The molecule has 0 saturated carbocycles. The van der Waals surface area contributed by atoms with Gasteiger partial charge in [-0.1, -0.05) is 30.0 Å². The first kappa shape index (κ1) is 15.4. The number of aromatic amines is 1. The number of hydrogen-bond acceptors (Lipinski definition) is 5. The van der Waals surface area contributed by atoms with Crippen molar-refractivity contribution in [3.63, 3.8) is 0 Å². The lowest BCUT2D eigenvalue weighted by Gasteiger charge is -2.21. The topological polar surface area (TPSA) is 72.8 Å². The van der Waals surface area contributed by atoms with Crippen molar-refractivity contribution in [1.29, 1.82) is 0 Å². The third-order valence-electron chi connectivity index (χ3n) is 4.21. The average Bonchev–Trinajstić information content (AvgIpc) is 3.06. The fraction of sp³-hybridized carbons (Fsp3) is 0.353. The van der Waals surface area contributed by atoms with E-state index in [-0.39, 0.29) is 5.56 Å². The van der Waals surface area contributed by atoms with Gasteiger partial charge in [0.05, 0.1) is 11.9 Å². The first-order valence-corrected chi connectivity index (χ1v) is 9.04. The summed E-state index contributed by atoms with van der Waals surface area (Å²) < 4.78 is 7.10. The number of aromatic nitrogens is 4. The van der Waals surface area contributed by atoms with Crippen LogP contribution in [-0.4, -0.2) is 38.7 Å². The zero-order valence-electron chi connectivity index (χ0n) is 13.1. The predicted octanol–water partition coefficient (Wildman–Crippen LogP) is 2.63. The molecule has 124 valence electrons. The SMILES string of the molecule is O=c1[nH]c(SCC2CCOCC2)nc2c1cnn2-c1ccccc1. The molecule has 1 aliphatic rings. The number of fused-ring (bicyclic) bond motifs is 1. The van der Waals surface area contributed by atoms with Crippen LogP contribution in [-0.2, 0) is 4.74 Å². The summed E-state index contributed by atoms with van der Waals surface area (Å²) in [6.45, 7) is 1.66. The van der Waals surface area contributed by atoms with Crippen molar-refractivity contribution in [3.8, 4) is 5.69 Å². The molecule has 4 rings (SSSR count). The summed E-state index contributed by atoms with van der Waals surface area (Å²) in [5.41, 5.74) is 1.35. The lowest BCUT2D eigenvalue weighted by Crippen LogP contribution is -2.18. The standard InChI is InChI=1S/C17H18N4O2S/c22-16-14-10-18-21(13-4-2-1-3-5-13)15(14)19-17(20-16)24-11-12-6-8-23-9-7-12/h1-5,10,12H,6-9,11H2,(H,19,20,22). The van der Waals surface area contributed by atoms with Crippen LogP contribution in [0.5, 0.6) is 0 Å². The molecule has 0 aliphatic carbocycles. The second-order valence-corrected chi connectivity index (χ2v) is 6.88. The number of benzene rings is 1. The third-order valence-corrected chi connectivity index (χ3v) is 5.32. The number of thioether (sulfide) groups is 1. The molecule has 0 atom stereocenters. The molecular formula is C17H18N4O2S. The number of hydrogen-bond donors (Lipinski definition) is 1. The zero-order valence-corrected chi connectivity index (χ0v) is 14.0. The minimum absolute atomic E-state index is 0.142. The Labute approximate surface area is 143 Å². The van der Waals surface area contributed by atoms with Gasteiger partial charge in [0.25, 0.3) is 5.56 Å². The summed E-state index contributed by atoms with van der Waals surface area (Å²) in [4.78, 5) is 19.8. The van der Waals surface area contributed by atoms with Gasteiger partial charge in [-0.05, 0) is 30.9 Å². The van der Waals surface area contributed by atoms with Gasteiger partial charge >= 0.3 is 0 Å². The molecule has 6 nitrogen and oxygen atoms in total. The van der Waals surface area contributed by atoms with Crippen molar-refractivity contribution >= 4 is 22.8 Å². The highest BCUT2D eigenvalue weighted by Gasteiger charge is 2.16. The lowest BCUT2D eigenvalue weighted by molar-refractivity contribution is 0.0728. The van der Waals surface area contributed by atoms with E-state index >= 15 is 0 Å². The van der Waals surface area contributed by atoms with Gasteiger partial charge in [0.15, 0.2) is 10.8 Å². The third kappa shape index (κ3) is 3.09. The van der Waals surface area contributed by atoms with E-state index in [1.54, 1.807) is 22.6 Å². The van der Waals surface area contributed by atoms with Crippen LogP contribution in [0, 0.1) is 5.92 Å². The molecule has 3 aromatic rings.